The van der Waals surface area contributed by atoms with E-state index in [0.717, 1.165) is 18.7 Å². The molecule has 1 saturated heterocycles. The van der Waals surface area contributed by atoms with Gasteiger partial charge in [0.15, 0.2) is 0 Å². The van der Waals surface area contributed by atoms with E-state index >= 15 is 0 Å². The van der Waals surface area contributed by atoms with Gasteiger partial charge >= 0.3 is 0 Å². The topological polar surface area (TPSA) is 41.1 Å². The first kappa shape index (κ1) is 15.3. The smallest absolute Gasteiger partial charge is 0.220 e. The van der Waals surface area contributed by atoms with Gasteiger partial charge in [0.2, 0.25) is 5.91 Å². The molecule has 0 saturated carbocycles. The number of amides is 1. The van der Waals surface area contributed by atoms with E-state index in [1.54, 1.807) is 0 Å². The summed E-state index contributed by atoms with van der Waals surface area (Å²) in [4.78, 5) is 12.0. The van der Waals surface area contributed by atoms with Gasteiger partial charge in [0.25, 0.3) is 0 Å². The first-order valence-electron chi connectivity index (χ1n) is 7.37. The number of piperidine rings is 1. The molecule has 2 N–H and O–H groups in total. The molecule has 20 heavy (non-hydrogen) atoms. The SMILES string of the molecule is CC(CC(=O)NCc1ccccc1Cl)C1CCNCC1. The van der Waals surface area contributed by atoms with Crippen molar-refractivity contribution in [1.82, 2.24) is 10.6 Å². The summed E-state index contributed by atoms with van der Waals surface area (Å²) in [6.07, 6.45) is 2.97. The maximum atomic E-state index is 12.0. The number of rotatable bonds is 5. The highest BCUT2D eigenvalue weighted by Gasteiger charge is 2.21. The average molecular weight is 295 g/mol. The number of hydrogen-bond acceptors (Lipinski definition) is 2. The van der Waals surface area contributed by atoms with E-state index in [2.05, 4.69) is 17.6 Å². The Labute approximate surface area is 126 Å². The molecule has 4 heteroatoms. The predicted molar refractivity (Wildman–Crippen MR) is 82.7 cm³/mol. The van der Waals surface area contributed by atoms with Gasteiger partial charge in [-0.15, -0.1) is 0 Å². The second-order valence-electron chi connectivity index (χ2n) is 5.64. The third-order valence-corrected chi connectivity index (χ3v) is 4.50. The first-order valence-corrected chi connectivity index (χ1v) is 7.75. The second-order valence-corrected chi connectivity index (χ2v) is 6.04. The van der Waals surface area contributed by atoms with Crippen LogP contribution in [-0.2, 0) is 11.3 Å². The molecule has 110 valence electrons. The molecule has 2 rings (SSSR count). The minimum absolute atomic E-state index is 0.121. The fraction of sp³-hybridized carbons (Fsp3) is 0.562. The van der Waals surface area contributed by atoms with Crippen LogP contribution in [-0.4, -0.2) is 19.0 Å². The Morgan fingerprint density at radius 1 is 1.40 bits per heavy atom. The number of carbonyl (C=O) groups is 1. The molecule has 1 aliphatic heterocycles. The van der Waals surface area contributed by atoms with Crippen molar-refractivity contribution in [2.24, 2.45) is 11.8 Å². The van der Waals surface area contributed by atoms with E-state index in [-0.39, 0.29) is 5.91 Å². The van der Waals surface area contributed by atoms with Crippen molar-refractivity contribution in [1.29, 1.82) is 0 Å². The highest BCUT2D eigenvalue weighted by molar-refractivity contribution is 6.31. The molecule has 1 aliphatic rings. The van der Waals surface area contributed by atoms with Crippen LogP contribution >= 0.6 is 11.6 Å². The quantitative estimate of drug-likeness (QED) is 0.876. The summed E-state index contributed by atoms with van der Waals surface area (Å²) >= 11 is 6.08. The van der Waals surface area contributed by atoms with Gasteiger partial charge in [-0.2, -0.15) is 0 Å². The summed E-state index contributed by atoms with van der Waals surface area (Å²) in [6, 6.07) is 7.62. The Balaban J connectivity index is 1.76. The molecule has 1 aromatic rings. The minimum atomic E-state index is 0.121. The fourth-order valence-corrected chi connectivity index (χ4v) is 2.98. The molecule has 1 fully saturated rings. The highest BCUT2D eigenvalue weighted by atomic mass is 35.5. The van der Waals surface area contributed by atoms with Gasteiger partial charge in [-0.25, -0.2) is 0 Å². The Hall–Kier alpha value is -1.06. The van der Waals surface area contributed by atoms with Crippen LogP contribution in [0.15, 0.2) is 24.3 Å². The van der Waals surface area contributed by atoms with Crippen LogP contribution in [0.2, 0.25) is 5.02 Å². The zero-order valence-corrected chi connectivity index (χ0v) is 12.7. The van der Waals surface area contributed by atoms with Crippen LogP contribution in [0.3, 0.4) is 0 Å². The highest BCUT2D eigenvalue weighted by Crippen LogP contribution is 2.24. The van der Waals surface area contributed by atoms with E-state index in [1.165, 1.54) is 12.8 Å². The van der Waals surface area contributed by atoms with E-state index < -0.39 is 0 Å². The van der Waals surface area contributed by atoms with Gasteiger partial charge in [0.1, 0.15) is 0 Å². The lowest BCUT2D eigenvalue weighted by Crippen LogP contribution is -2.33. The van der Waals surface area contributed by atoms with Crippen molar-refractivity contribution in [2.45, 2.75) is 32.7 Å². The third kappa shape index (κ3) is 4.50. The van der Waals surface area contributed by atoms with E-state index in [4.69, 9.17) is 11.6 Å². The van der Waals surface area contributed by atoms with Gasteiger partial charge in [-0.1, -0.05) is 36.7 Å². The molecule has 0 aromatic heterocycles. The molecular formula is C16H23ClN2O. The Kier molecular flexibility index (Phi) is 5.86. The normalized spacial score (nSPS) is 17.7. The molecular weight excluding hydrogens is 272 g/mol. The van der Waals surface area contributed by atoms with Crippen molar-refractivity contribution >= 4 is 17.5 Å². The van der Waals surface area contributed by atoms with E-state index in [1.807, 2.05) is 24.3 Å². The number of carbonyl (C=O) groups excluding carboxylic acids is 1. The number of halogens is 1. The molecule has 0 bridgehead atoms. The first-order chi connectivity index (χ1) is 9.66. The Bertz CT molecular complexity index is 444. The lowest BCUT2D eigenvalue weighted by Gasteiger charge is -2.27. The molecule has 1 aromatic carbocycles. The van der Waals surface area contributed by atoms with Crippen LogP contribution in [0.4, 0.5) is 0 Å². The van der Waals surface area contributed by atoms with Crippen LogP contribution in [0.25, 0.3) is 0 Å². The zero-order chi connectivity index (χ0) is 14.4. The van der Waals surface area contributed by atoms with Gasteiger partial charge in [0.05, 0.1) is 0 Å². The molecule has 0 radical (unpaired) electrons. The summed E-state index contributed by atoms with van der Waals surface area (Å²) in [5, 5.41) is 7.04. The molecule has 1 heterocycles. The van der Waals surface area contributed by atoms with Crippen LogP contribution in [0, 0.1) is 11.8 Å². The molecule has 1 amide bonds. The van der Waals surface area contributed by atoms with E-state index in [9.17, 15) is 4.79 Å². The van der Waals surface area contributed by atoms with E-state index in [0.29, 0.717) is 29.8 Å². The predicted octanol–water partition coefficient (Wildman–Crippen LogP) is 2.98. The third-order valence-electron chi connectivity index (χ3n) is 4.13. The monoisotopic (exact) mass is 294 g/mol. The van der Waals surface area contributed by atoms with Crippen LogP contribution < -0.4 is 10.6 Å². The minimum Gasteiger partial charge on any atom is -0.352 e. The standard InChI is InChI=1S/C16H23ClN2O/c1-12(13-6-8-18-9-7-13)10-16(20)19-11-14-4-2-3-5-15(14)17/h2-5,12-13,18H,6-11H2,1H3,(H,19,20). The van der Waals surface area contributed by atoms with Gasteiger partial charge < -0.3 is 10.6 Å². The van der Waals surface area contributed by atoms with Gasteiger partial charge in [0, 0.05) is 18.0 Å². The lowest BCUT2D eigenvalue weighted by atomic mass is 9.84. The van der Waals surface area contributed by atoms with Gasteiger partial charge in [-0.3, -0.25) is 4.79 Å². The maximum absolute atomic E-state index is 12.0. The molecule has 0 aliphatic carbocycles. The average Bonchev–Trinajstić information content (AvgIpc) is 2.47. The van der Waals surface area contributed by atoms with Gasteiger partial charge in [-0.05, 0) is 49.4 Å². The van der Waals surface area contributed by atoms with Crippen molar-refractivity contribution in [3.05, 3.63) is 34.9 Å². The number of nitrogens with one attached hydrogen (secondary N) is 2. The molecule has 3 nitrogen and oxygen atoms in total. The van der Waals surface area contributed by atoms with Crippen LogP contribution in [0.1, 0.15) is 31.7 Å². The van der Waals surface area contributed by atoms with Crippen molar-refractivity contribution in [3.8, 4) is 0 Å². The summed E-state index contributed by atoms with van der Waals surface area (Å²) in [5.74, 6) is 1.24. The summed E-state index contributed by atoms with van der Waals surface area (Å²) in [7, 11) is 0. The number of benzene rings is 1. The zero-order valence-electron chi connectivity index (χ0n) is 12.0. The molecule has 1 unspecified atom stereocenters. The summed E-state index contributed by atoms with van der Waals surface area (Å²) in [5.41, 5.74) is 0.969. The number of hydrogen-bond donors (Lipinski definition) is 2. The maximum Gasteiger partial charge on any atom is 0.220 e. The van der Waals surface area contributed by atoms with Crippen molar-refractivity contribution in [3.63, 3.8) is 0 Å². The Morgan fingerprint density at radius 3 is 2.80 bits per heavy atom. The fourth-order valence-electron chi connectivity index (χ4n) is 2.78. The Morgan fingerprint density at radius 2 is 2.10 bits per heavy atom. The second kappa shape index (κ2) is 7.65. The lowest BCUT2D eigenvalue weighted by molar-refractivity contribution is -0.122. The molecule has 0 spiro atoms. The summed E-state index contributed by atoms with van der Waals surface area (Å²) < 4.78 is 0. The van der Waals surface area contributed by atoms with Crippen molar-refractivity contribution < 1.29 is 4.79 Å². The van der Waals surface area contributed by atoms with Crippen LogP contribution in [0.5, 0.6) is 0 Å². The molecule has 1 atom stereocenters. The van der Waals surface area contributed by atoms with Crippen molar-refractivity contribution in [2.75, 3.05) is 13.1 Å². The summed E-state index contributed by atoms with van der Waals surface area (Å²) in [6.45, 7) is 4.86. The largest absolute Gasteiger partial charge is 0.352 e.